The molecule has 8 aromatic rings. The van der Waals surface area contributed by atoms with Crippen molar-refractivity contribution < 1.29 is 0 Å². The van der Waals surface area contributed by atoms with Crippen molar-refractivity contribution in [1.29, 1.82) is 0 Å². The smallest absolute Gasteiger partial charge is 0.254 e. The molecule has 0 spiro atoms. The number of rotatable bonds is 4. The molecular formula is C61H63BN2S. The number of fused-ring (bicyclic) bond motifs is 8. The van der Waals surface area contributed by atoms with Gasteiger partial charge in [-0.2, -0.15) is 0 Å². The average molecular weight is 867 g/mol. The van der Waals surface area contributed by atoms with Crippen molar-refractivity contribution in [2.24, 2.45) is 0 Å². The second-order valence-electron chi connectivity index (χ2n) is 23.1. The van der Waals surface area contributed by atoms with Gasteiger partial charge in [0.1, 0.15) is 0 Å². The van der Waals surface area contributed by atoms with Crippen LogP contribution in [0.25, 0.3) is 32.0 Å². The Hall–Kier alpha value is -5.58. The monoisotopic (exact) mass is 866 g/mol. The Bertz CT molecular complexity index is 3200. The molecule has 0 saturated heterocycles. The lowest BCUT2D eigenvalue weighted by Gasteiger charge is -2.47. The first-order valence-corrected chi connectivity index (χ1v) is 24.8. The van der Waals surface area contributed by atoms with Crippen molar-refractivity contribution in [3.63, 3.8) is 0 Å². The van der Waals surface area contributed by atoms with E-state index in [2.05, 4.69) is 226 Å². The van der Waals surface area contributed by atoms with Crippen molar-refractivity contribution in [3.05, 3.63) is 161 Å². The van der Waals surface area contributed by atoms with E-state index in [1.54, 1.807) is 0 Å². The van der Waals surface area contributed by atoms with Gasteiger partial charge >= 0.3 is 0 Å². The van der Waals surface area contributed by atoms with Crippen molar-refractivity contribution in [2.75, 3.05) is 9.80 Å². The van der Waals surface area contributed by atoms with Gasteiger partial charge in [0, 0.05) is 33.1 Å². The molecule has 2 aliphatic heterocycles. The van der Waals surface area contributed by atoms with E-state index in [1.807, 2.05) is 11.3 Å². The lowest BCUT2D eigenvalue weighted by Crippen LogP contribution is -2.61. The third kappa shape index (κ3) is 6.64. The summed E-state index contributed by atoms with van der Waals surface area (Å²) in [5, 5.41) is 5.24. The van der Waals surface area contributed by atoms with Crippen LogP contribution < -0.4 is 26.2 Å². The third-order valence-corrected chi connectivity index (χ3v) is 16.6. The van der Waals surface area contributed by atoms with Gasteiger partial charge in [0.2, 0.25) is 0 Å². The van der Waals surface area contributed by atoms with Crippen molar-refractivity contribution in [3.8, 4) is 11.1 Å². The highest BCUT2D eigenvalue weighted by atomic mass is 32.1. The third-order valence-electron chi connectivity index (χ3n) is 15.4. The van der Waals surface area contributed by atoms with Crippen LogP contribution >= 0.6 is 11.3 Å². The zero-order valence-electron chi connectivity index (χ0n) is 40.6. The molecule has 65 heavy (non-hydrogen) atoms. The fourth-order valence-corrected chi connectivity index (χ4v) is 12.6. The maximum Gasteiger partial charge on any atom is 0.254 e. The highest BCUT2D eigenvalue weighted by Gasteiger charge is 2.48. The number of benzene rings is 7. The predicted octanol–water partition coefficient (Wildman–Crippen LogP) is 15.9. The van der Waals surface area contributed by atoms with Crippen LogP contribution in [0.15, 0.2) is 133 Å². The zero-order chi connectivity index (χ0) is 45.5. The molecule has 7 aromatic carbocycles. The van der Waals surface area contributed by atoms with Crippen molar-refractivity contribution in [2.45, 2.75) is 124 Å². The highest BCUT2D eigenvalue weighted by Crippen LogP contribution is 2.53. The van der Waals surface area contributed by atoms with Crippen LogP contribution in [0.3, 0.4) is 0 Å². The molecule has 2 nitrogen and oxygen atoms in total. The van der Waals surface area contributed by atoms with E-state index in [9.17, 15) is 0 Å². The minimum atomic E-state index is 0.00956. The van der Waals surface area contributed by atoms with Crippen LogP contribution in [0.4, 0.5) is 33.4 Å². The van der Waals surface area contributed by atoms with Crippen LogP contribution in [-0.4, -0.2) is 6.71 Å². The fraction of sp³-hybridized carbons (Fsp3) is 0.311. The summed E-state index contributed by atoms with van der Waals surface area (Å²) in [4.78, 5) is 5.30. The molecule has 0 saturated carbocycles. The summed E-state index contributed by atoms with van der Waals surface area (Å²) >= 11 is 1.97. The first-order valence-electron chi connectivity index (χ1n) is 24.0. The summed E-state index contributed by atoms with van der Waals surface area (Å²) in [6.45, 7) is 28.6. The fourth-order valence-electron chi connectivity index (χ4n) is 11.3. The van der Waals surface area contributed by atoms with Crippen LogP contribution in [0, 0.1) is 0 Å². The Morgan fingerprint density at radius 3 is 1.80 bits per heavy atom. The van der Waals surface area contributed by atoms with Gasteiger partial charge < -0.3 is 9.80 Å². The minimum Gasteiger partial charge on any atom is -0.311 e. The van der Waals surface area contributed by atoms with E-state index in [0.717, 1.165) is 0 Å². The van der Waals surface area contributed by atoms with E-state index in [-0.39, 0.29) is 28.4 Å². The lowest BCUT2D eigenvalue weighted by atomic mass is 9.33. The highest BCUT2D eigenvalue weighted by molar-refractivity contribution is 7.26. The SMILES string of the molecule is CC(C)c1ccc(N2c3cc(-c4cccc5ccccc45)cc4c3B(c3cc5c(cc3N4c3ccc(C(C)(C)C)cc3)C(C)(C)CCC5(C)C)c3c2sc2ccc(C(C)(C)C)cc32)cc1. The largest absolute Gasteiger partial charge is 0.311 e. The Labute approximate surface area is 392 Å². The standard InChI is InChI=1S/C61H63BN2S/c1-37(2)38-20-25-44(26-21-38)64-53-33-40(46-19-15-17-39-16-13-14-18-45(39)46)32-52-56(53)62(55-47-34-42(59(6,7)8)24-29-54(47)65-57(55)64)50-35-48-49(61(11,12)31-30-60(48,9)10)36-51(50)63(52)43-27-22-41(23-28-43)58(3,4)5/h13-29,32-37H,30-31H2,1-12H3. The summed E-state index contributed by atoms with van der Waals surface area (Å²) in [6.07, 6.45) is 2.34. The molecular weight excluding hydrogens is 804 g/mol. The second-order valence-corrected chi connectivity index (χ2v) is 24.1. The number of thiophene rings is 1. The molecule has 3 aliphatic rings. The molecule has 0 atom stereocenters. The summed E-state index contributed by atoms with van der Waals surface area (Å²) in [7, 11) is 0. The second kappa shape index (κ2) is 14.5. The van der Waals surface area contributed by atoms with Gasteiger partial charge in [-0.25, -0.2) is 0 Å². The molecule has 3 heterocycles. The van der Waals surface area contributed by atoms with Gasteiger partial charge in [0.25, 0.3) is 6.71 Å². The van der Waals surface area contributed by atoms with Crippen LogP contribution in [0.5, 0.6) is 0 Å². The van der Waals surface area contributed by atoms with Crippen molar-refractivity contribution in [1.82, 2.24) is 0 Å². The molecule has 0 radical (unpaired) electrons. The van der Waals surface area contributed by atoms with E-state index in [1.165, 1.54) is 122 Å². The molecule has 0 unspecified atom stereocenters. The van der Waals surface area contributed by atoms with Gasteiger partial charge in [-0.05, 0) is 160 Å². The average Bonchev–Trinajstić information content (AvgIpc) is 3.65. The molecule has 1 aromatic heterocycles. The molecule has 4 heteroatoms. The molecule has 0 N–H and O–H groups in total. The van der Waals surface area contributed by atoms with Gasteiger partial charge in [-0.1, -0.05) is 168 Å². The van der Waals surface area contributed by atoms with Crippen LogP contribution in [-0.2, 0) is 21.7 Å². The summed E-state index contributed by atoms with van der Waals surface area (Å²) in [5.41, 5.74) is 20.2. The van der Waals surface area contributed by atoms with Crippen LogP contribution in [0.2, 0.25) is 0 Å². The molecule has 1 aliphatic carbocycles. The van der Waals surface area contributed by atoms with E-state index < -0.39 is 0 Å². The number of hydrogen-bond acceptors (Lipinski definition) is 3. The van der Waals surface area contributed by atoms with Gasteiger partial charge in [0.05, 0.1) is 5.00 Å². The molecule has 326 valence electrons. The van der Waals surface area contributed by atoms with Gasteiger partial charge in [-0.3, -0.25) is 0 Å². The van der Waals surface area contributed by atoms with E-state index >= 15 is 0 Å². The maximum absolute atomic E-state index is 2.69. The maximum atomic E-state index is 2.69. The topological polar surface area (TPSA) is 6.48 Å². The summed E-state index contributed by atoms with van der Waals surface area (Å²) < 4.78 is 1.34. The quantitative estimate of drug-likeness (QED) is 0.163. The Kier molecular flexibility index (Phi) is 9.36. The number of anilines is 6. The summed E-state index contributed by atoms with van der Waals surface area (Å²) in [5.74, 6) is 0.447. The van der Waals surface area contributed by atoms with E-state index in [4.69, 9.17) is 0 Å². The molecule has 0 amide bonds. The number of hydrogen-bond donors (Lipinski definition) is 0. The summed E-state index contributed by atoms with van der Waals surface area (Å²) in [6, 6.07) is 52.4. The molecule has 11 rings (SSSR count). The van der Waals surface area contributed by atoms with Gasteiger partial charge in [-0.15, -0.1) is 11.3 Å². The van der Waals surface area contributed by atoms with Gasteiger partial charge in [0.15, 0.2) is 0 Å². The Balaban J connectivity index is 1.31. The zero-order valence-corrected chi connectivity index (χ0v) is 41.4. The van der Waals surface area contributed by atoms with E-state index in [0.29, 0.717) is 5.92 Å². The number of nitrogens with zero attached hydrogens (tertiary/aromatic N) is 2. The first kappa shape index (κ1) is 42.1. The molecule has 0 bridgehead atoms. The van der Waals surface area contributed by atoms with Crippen LogP contribution in [0.1, 0.15) is 130 Å². The van der Waals surface area contributed by atoms with Crippen molar-refractivity contribution >= 4 is 88.7 Å². The lowest BCUT2D eigenvalue weighted by molar-refractivity contribution is 0.332. The predicted molar refractivity (Wildman–Crippen MR) is 286 cm³/mol. The normalized spacial score (nSPS) is 16.2. The Morgan fingerprint density at radius 1 is 0.554 bits per heavy atom. The Morgan fingerprint density at radius 2 is 1.14 bits per heavy atom. The molecule has 0 fully saturated rings. The minimum absolute atomic E-state index is 0.00956. The first-order chi connectivity index (χ1) is 30.8.